The van der Waals surface area contributed by atoms with E-state index in [-0.39, 0.29) is 23.5 Å². The van der Waals surface area contributed by atoms with Gasteiger partial charge in [-0.2, -0.15) is 0 Å². The van der Waals surface area contributed by atoms with Crippen molar-refractivity contribution in [3.05, 3.63) is 82.9 Å². The largest absolute Gasteiger partial charge is 0.466 e. The van der Waals surface area contributed by atoms with E-state index >= 15 is 0 Å². The van der Waals surface area contributed by atoms with Crippen LogP contribution >= 0.6 is 11.6 Å². The van der Waals surface area contributed by atoms with E-state index in [4.69, 9.17) is 11.6 Å². The van der Waals surface area contributed by atoms with Crippen molar-refractivity contribution in [2.24, 2.45) is 11.8 Å². The molecule has 2 aromatic rings. The van der Waals surface area contributed by atoms with Crippen LogP contribution in [0.1, 0.15) is 21.8 Å². The molecule has 3 atom stereocenters. The topological polar surface area (TPSA) is 43.4 Å². The average Bonchev–Trinajstić information content (AvgIpc) is 3.34. The fourth-order valence-corrected chi connectivity index (χ4v) is 3.20. The summed E-state index contributed by atoms with van der Waals surface area (Å²) in [6, 6.07) is 16.7. The number of carbonyl (C=O) groups excluding carboxylic acids is 2. The lowest BCUT2D eigenvalue weighted by Gasteiger charge is -2.01. The van der Waals surface area contributed by atoms with Crippen LogP contribution in [-0.2, 0) is 9.53 Å². The Morgan fingerprint density at radius 3 is 2.33 bits per heavy atom. The minimum Gasteiger partial charge on any atom is -0.466 e. The van der Waals surface area contributed by atoms with Crippen LogP contribution in [0.2, 0.25) is 5.02 Å². The molecule has 1 saturated carbocycles. The summed E-state index contributed by atoms with van der Waals surface area (Å²) in [6.07, 6.45) is 3.17. The zero-order chi connectivity index (χ0) is 17.1. The summed E-state index contributed by atoms with van der Waals surface area (Å²) < 4.78 is 4.64. The Kier molecular flexibility index (Phi) is 4.81. The number of hydrogen-bond acceptors (Lipinski definition) is 3. The normalized spacial score (nSPS) is 22.3. The SMILES string of the molecule is COC(=O)/C=C/[C@H]1[C@H](C(=O)c2ccccc2)[C@H]1c1ccc(Cl)cc1. The number of ketones is 1. The first-order valence-corrected chi connectivity index (χ1v) is 8.10. The molecule has 0 spiro atoms. The van der Waals surface area contributed by atoms with Gasteiger partial charge < -0.3 is 4.74 Å². The van der Waals surface area contributed by atoms with Gasteiger partial charge in [0, 0.05) is 28.5 Å². The molecule has 0 radical (unpaired) electrons. The Labute approximate surface area is 145 Å². The lowest BCUT2D eigenvalue weighted by molar-refractivity contribution is -0.134. The van der Waals surface area contributed by atoms with E-state index in [1.54, 1.807) is 6.08 Å². The van der Waals surface area contributed by atoms with E-state index in [2.05, 4.69) is 4.74 Å². The van der Waals surface area contributed by atoms with E-state index in [0.717, 1.165) is 5.56 Å². The van der Waals surface area contributed by atoms with Crippen molar-refractivity contribution >= 4 is 23.4 Å². The second-order valence-electron chi connectivity index (χ2n) is 5.79. The van der Waals surface area contributed by atoms with E-state index in [1.165, 1.54) is 13.2 Å². The quantitative estimate of drug-likeness (QED) is 0.463. The molecule has 24 heavy (non-hydrogen) atoms. The molecule has 0 aliphatic heterocycles. The first-order valence-electron chi connectivity index (χ1n) is 7.72. The molecule has 0 saturated heterocycles. The monoisotopic (exact) mass is 340 g/mol. The summed E-state index contributed by atoms with van der Waals surface area (Å²) in [5.41, 5.74) is 1.74. The van der Waals surface area contributed by atoms with Crippen molar-refractivity contribution in [2.45, 2.75) is 5.92 Å². The fourth-order valence-electron chi connectivity index (χ4n) is 3.08. The molecule has 0 bridgehead atoms. The molecule has 122 valence electrons. The Balaban J connectivity index is 1.86. The number of halogens is 1. The predicted octanol–water partition coefficient (Wildman–Crippen LogP) is 4.28. The maximum Gasteiger partial charge on any atom is 0.330 e. The zero-order valence-electron chi connectivity index (χ0n) is 13.2. The number of carbonyl (C=O) groups is 2. The van der Waals surface area contributed by atoms with Crippen LogP contribution in [0.25, 0.3) is 0 Å². The average molecular weight is 341 g/mol. The van der Waals surface area contributed by atoms with Crippen molar-refractivity contribution in [1.29, 1.82) is 0 Å². The molecular weight excluding hydrogens is 324 g/mol. The van der Waals surface area contributed by atoms with Crippen LogP contribution in [0.3, 0.4) is 0 Å². The number of benzene rings is 2. The Hall–Kier alpha value is -2.39. The summed E-state index contributed by atoms with van der Waals surface area (Å²) in [5.74, 6) is -0.457. The van der Waals surface area contributed by atoms with E-state index in [1.807, 2.05) is 54.6 Å². The van der Waals surface area contributed by atoms with Gasteiger partial charge in [-0.25, -0.2) is 4.79 Å². The van der Waals surface area contributed by atoms with Crippen LogP contribution in [0.5, 0.6) is 0 Å². The highest BCUT2D eigenvalue weighted by Gasteiger charge is 2.53. The molecule has 0 heterocycles. The van der Waals surface area contributed by atoms with Gasteiger partial charge in [-0.3, -0.25) is 4.79 Å². The Morgan fingerprint density at radius 2 is 1.71 bits per heavy atom. The Bertz CT molecular complexity index is 765. The molecule has 0 amide bonds. The van der Waals surface area contributed by atoms with Gasteiger partial charge in [0.15, 0.2) is 5.78 Å². The van der Waals surface area contributed by atoms with Crippen molar-refractivity contribution in [3.8, 4) is 0 Å². The molecule has 1 fully saturated rings. The number of ether oxygens (including phenoxy) is 1. The molecule has 3 rings (SSSR count). The number of hydrogen-bond donors (Lipinski definition) is 0. The van der Waals surface area contributed by atoms with E-state index in [0.29, 0.717) is 10.6 Å². The summed E-state index contributed by atoms with van der Waals surface area (Å²) in [5, 5.41) is 0.659. The fraction of sp³-hybridized carbons (Fsp3) is 0.200. The highest BCUT2D eigenvalue weighted by atomic mass is 35.5. The number of methoxy groups -OCH3 is 1. The highest BCUT2D eigenvalue weighted by Crippen LogP contribution is 2.56. The third-order valence-electron chi connectivity index (χ3n) is 4.35. The maximum absolute atomic E-state index is 12.8. The van der Waals surface area contributed by atoms with Gasteiger partial charge in [-0.1, -0.05) is 60.1 Å². The van der Waals surface area contributed by atoms with Gasteiger partial charge in [0.25, 0.3) is 0 Å². The predicted molar refractivity (Wildman–Crippen MR) is 93.1 cm³/mol. The smallest absolute Gasteiger partial charge is 0.330 e. The van der Waals surface area contributed by atoms with Gasteiger partial charge in [-0.05, 0) is 23.6 Å². The van der Waals surface area contributed by atoms with Gasteiger partial charge in [-0.15, -0.1) is 0 Å². The molecule has 1 aliphatic carbocycles. The summed E-state index contributed by atoms with van der Waals surface area (Å²) in [7, 11) is 1.34. The van der Waals surface area contributed by atoms with Crippen LogP contribution < -0.4 is 0 Å². The maximum atomic E-state index is 12.8. The van der Waals surface area contributed by atoms with Crippen molar-refractivity contribution < 1.29 is 14.3 Å². The van der Waals surface area contributed by atoms with Crippen LogP contribution in [0, 0.1) is 11.8 Å². The van der Waals surface area contributed by atoms with Gasteiger partial charge in [0.2, 0.25) is 0 Å². The molecule has 0 unspecified atom stereocenters. The second-order valence-corrected chi connectivity index (χ2v) is 6.23. The molecule has 0 aromatic heterocycles. The molecule has 0 N–H and O–H groups in total. The molecule has 1 aliphatic rings. The van der Waals surface area contributed by atoms with Gasteiger partial charge >= 0.3 is 5.97 Å². The third-order valence-corrected chi connectivity index (χ3v) is 4.60. The Morgan fingerprint density at radius 1 is 1.04 bits per heavy atom. The lowest BCUT2D eigenvalue weighted by atomic mass is 10.0. The summed E-state index contributed by atoms with van der Waals surface area (Å²) in [6.45, 7) is 0. The number of allylic oxidation sites excluding steroid dienone is 1. The molecular formula is C20H17ClO3. The standard InChI is InChI=1S/C20H17ClO3/c1-24-17(22)12-11-16-18(13-7-9-15(21)10-8-13)19(16)20(23)14-5-3-2-4-6-14/h2-12,16,18-19H,1H3/b12-11+/t16-,18+,19+/m1/s1. The molecule has 4 heteroatoms. The van der Waals surface area contributed by atoms with E-state index < -0.39 is 5.97 Å². The van der Waals surface area contributed by atoms with E-state index in [9.17, 15) is 9.59 Å². The summed E-state index contributed by atoms with van der Waals surface area (Å²) >= 11 is 5.95. The third kappa shape index (κ3) is 3.41. The minimum absolute atomic E-state index is 0.0158. The first-order chi connectivity index (χ1) is 11.6. The van der Waals surface area contributed by atoms with Gasteiger partial charge in [0.1, 0.15) is 0 Å². The summed E-state index contributed by atoms with van der Waals surface area (Å²) in [4.78, 5) is 24.2. The number of rotatable bonds is 5. The van der Waals surface area contributed by atoms with Crippen molar-refractivity contribution in [2.75, 3.05) is 7.11 Å². The first kappa shape index (κ1) is 16.5. The number of esters is 1. The van der Waals surface area contributed by atoms with Crippen molar-refractivity contribution in [3.63, 3.8) is 0 Å². The lowest BCUT2D eigenvalue weighted by Crippen LogP contribution is -2.04. The second kappa shape index (κ2) is 7.02. The minimum atomic E-state index is -0.414. The number of Topliss-reactive ketones (excluding diaryl/α,β-unsaturated/α-hetero) is 1. The van der Waals surface area contributed by atoms with Crippen LogP contribution in [-0.4, -0.2) is 18.9 Å². The molecule has 2 aromatic carbocycles. The van der Waals surface area contributed by atoms with Crippen LogP contribution in [0.4, 0.5) is 0 Å². The van der Waals surface area contributed by atoms with Gasteiger partial charge in [0.05, 0.1) is 7.11 Å². The molecule has 3 nitrogen and oxygen atoms in total. The van der Waals surface area contributed by atoms with Crippen LogP contribution in [0.15, 0.2) is 66.7 Å². The van der Waals surface area contributed by atoms with Crippen molar-refractivity contribution in [1.82, 2.24) is 0 Å². The highest BCUT2D eigenvalue weighted by molar-refractivity contribution is 6.30. The zero-order valence-corrected chi connectivity index (χ0v) is 13.9.